The van der Waals surface area contributed by atoms with Crippen molar-refractivity contribution in [3.8, 4) is 11.3 Å². The number of hydrogen-bond donors (Lipinski definition) is 1. The van der Waals surface area contributed by atoms with E-state index >= 15 is 0 Å². The molecule has 1 N–H and O–H groups in total. The van der Waals surface area contributed by atoms with Crippen LogP contribution in [0.15, 0.2) is 68.6 Å². The Kier molecular flexibility index (Phi) is 6.28. The lowest BCUT2D eigenvalue weighted by Crippen LogP contribution is -2.17. The summed E-state index contributed by atoms with van der Waals surface area (Å²) in [5, 5.41) is 4.19. The summed E-state index contributed by atoms with van der Waals surface area (Å²) in [5.41, 5.74) is 3.81. The molecule has 0 saturated carbocycles. The van der Waals surface area contributed by atoms with E-state index in [0.29, 0.717) is 27.7 Å². The van der Waals surface area contributed by atoms with E-state index in [2.05, 4.69) is 26.5 Å². The van der Waals surface area contributed by atoms with Crippen LogP contribution in [0.4, 0.5) is 0 Å². The van der Waals surface area contributed by atoms with Crippen molar-refractivity contribution in [1.82, 2.24) is 5.43 Å². The van der Waals surface area contributed by atoms with E-state index in [0.717, 1.165) is 4.47 Å². The summed E-state index contributed by atoms with van der Waals surface area (Å²) >= 11 is 9.34. The normalized spacial score (nSPS) is 10.8. The van der Waals surface area contributed by atoms with Crippen LogP contribution in [-0.2, 0) is 4.74 Å². The van der Waals surface area contributed by atoms with Crippen molar-refractivity contribution in [3.05, 3.63) is 81.0 Å². The maximum absolute atomic E-state index is 12.0. The first-order valence-electron chi connectivity index (χ1n) is 8.05. The van der Waals surface area contributed by atoms with Gasteiger partial charge in [0.15, 0.2) is 0 Å². The van der Waals surface area contributed by atoms with Crippen molar-refractivity contribution in [1.29, 1.82) is 0 Å². The van der Waals surface area contributed by atoms with E-state index in [4.69, 9.17) is 20.8 Å². The van der Waals surface area contributed by atoms with Crippen LogP contribution in [0.2, 0.25) is 5.02 Å². The van der Waals surface area contributed by atoms with Gasteiger partial charge in [0.1, 0.15) is 11.5 Å². The van der Waals surface area contributed by atoms with E-state index in [1.165, 1.54) is 13.3 Å². The van der Waals surface area contributed by atoms with Gasteiger partial charge in [0.05, 0.1) is 23.9 Å². The first kappa shape index (κ1) is 19.9. The molecule has 0 aliphatic carbocycles. The maximum atomic E-state index is 12.0. The van der Waals surface area contributed by atoms with E-state index in [1.807, 2.05) is 6.07 Å². The zero-order chi connectivity index (χ0) is 20.1. The fourth-order valence-corrected chi connectivity index (χ4v) is 2.97. The van der Waals surface area contributed by atoms with Gasteiger partial charge in [-0.05, 0) is 48.5 Å². The molecule has 1 heterocycles. The topological polar surface area (TPSA) is 80.9 Å². The third-order valence-corrected chi connectivity index (χ3v) is 4.55. The number of carbonyl (C=O) groups excluding carboxylic acids is 2. The van der Waals surface area contributed by atoms with Gasteiger partial charge in [0.25, 0.3) is 5.91 Å². The number of ether oxygens (including phenoxy) is 1. The highest BCUT2D eigenvalue weighted by Gasteiger charge is 2.13. The Bertz CT molecular complexity index is 1060. The second-order valence-electron chi connectivity index (χ2n) is 5.60. The first-order chi connectivity index (χ1) is 13.5. The molecule has 1 amide bonds. The predicted octanol–water partition coefficient (Wildman–Crippen LogP) is 4.91. The Hall–Kier alpha value is -2.90. The van der Waals surface area contributed by atoms with E-state index in [-0.39, 0.29) is 11.5 Å². The molecule has 3 aromatic rings. The fourth-order valence-electron chi connectivity index (χ4n) is 2.37. The highest BCUT2D eigenvalue weighted by atomic mass is 79.9. The second-order valence-corrected chi connectivity index (χ2v) is 6.92. The van der Waals surface area contributed by atoms with E-state index in [9.17, 15) is 9.59 Å². The number of hydrazone groups is 1. The molecule has 0 saturated heterocycles. The largest absolute Gasteiger partial charge is 0.465 e. The number of amides is 1. The van der Waals surface area contributed by atoms with Crippen LogP contribution < -0.4 is 5.43 Å². The van der Waals surface area contributed by atoms with Crippen LogP contribution in [-0.4, -0.2) is 25.2 Å². The number of nitrogens with one attached hydrogen (secondary N) is 1. The molecule has 6 nitrogen and oxygen atoms in total. The number of rotatable bonds is 5. The number of benzene rings is 2. The Morgan fingerprint density at radius 1 is 1.18 bits per heavy atom. The molecule has 1 aromatic heterocycles. The lowest BCUT2D eigenvalue weighted by molar-refractivity contribution is 0.0601. The minimum atomic E-state index is -0.532. The summed E-state index contributed by atoms with van der Waals surface area (Å²) in [6.07, 6.45) is 1.39. The highest BCUT2D eigenvalue weighted by Crippen LogP contribution is 2.27. The molecule has 142 valence electrons. The molecule has 0 aliphatic heterocycles. The van der Waals surface area contributed by atoms with Crippen molar-refractivity contribution in [3.63, 3.8) is 0 Å². The third-order valence-electron chi connectivity index (χ3n) is 3.73. The molecule has 0 radical (unpaired) electrons. The lowest BCUT2D eigenvalue weighted by atomic mass is 10.1. The Labute approximate surface area is 174 Å². The molecule has 28 heavy (non-hydrogen) atoms. The molecule has 0 aliphatic rings. The highest BCUT2D eigenvalue weighted by molar-refractivity contribution is 9.10. The SMILES string of the molecule is COC(=O)c1cc(-c2ccc(/C=N\NC(=O)c3cccc(Br)c3)o2)ccc1Cl. The van der Waals surface area contributed by atoms with Gasteiger partial charge in [-0.3, -0.25) is 4.79 Å². The van der Waals surface area contributed by atoms with E-state index < -0.39 is 5.97 Å². The number of hydrogen-bond acceptors (Lipinski definition) is 5. The zero-order valence-electron chi connectivity index (χ0n) is 14.6. The second kappa shape index (κ2) is 8.86. The molecule has 8 heteroatoms. The van der Waals surface area contributed by atoms with Crippen LogP contribution in [0.3, 0.4) is 0 Å². The average Bonchev–Trinajstić information content (AvgIpc) is 3.16. The van der Waals surface area contributed by atoms with Crippen LogP contribution >= 0.6 is 27.5 Å². The lowest BCUT2D eigenvalue weighted by Gasteiger charge is -2.04. The molecule has 2 aromatic carbocycles. The summed E-state index contributed by atoms with van der Waals surface area (Å²) in [6.45, 7) is 0. The molecule has 0 bridgehead atoms. The number of esters is 1. The van der Waals surface area contributed by atoms with Crippen LogP contribution in [0.25, 0.3) is 11.3 Å². The van der Waals surface area contributed by atoms with Crippen LogP contribution in [0.1, 0.15) is 26.5 Å². The maximum Gasteiger partial charge on any atom is 0.339 e. The monoisotopic (exact) mass is 460 g/mol. The molecule has 3 rings (SSSR count). The fraction of sp³-hybridized carbons (Fsp3) is 0.0500. The van der Waals surface area contributed by atoms with Gasteiger partial charge in [-0.2, -0.15) is 5.10 Å². The van der Waals surface area contributed by atoms with Gasteiger partial charge in [0.2, 0.25) is 0 Å². The van der Waals surface area contributed by atoms with Crippen molar-refractivity contribution < 1.29 is 18.7 Å². The minimum absolute atomic E-state index is 0.245. The van der Waals surface area contributed by atoms with Gasteiger partial charge in [0, 0.05) is 15.6 Å². The van der Waals surface area contributed by atoms with Gasteiger partial charge >= 0.3 is 5.97 Å². The summed E-state index contributed by atoms with van der Waals surface area (Å²) in [4.78, 5) is 23.8. The molecule has 0 spiro atoms. The van der Waals surface area contributed by atoms with Crippen LogP contribution in [0.5, 0.6) is 0 Å². The van der Waals surface area contributed by atoms with Crippen molar-refractivity contribution in [2.24, 2.45) is 5.10 Å². The molecular weight excluding hydrogens is 448 g/mol. The van der Waals surface area contributed by atoms with Gasteiger partial charge < -0.3 is 9.15 Å². The summed E-state index contributed by atoms with van der Waals surface area (Å²) < 4.78 is 11.2. The molecule has 0 atom stereocenters. The van der Waals surface area contributed by atoms with Gasteiger partial charge in [-0.1, -0.05) is 33.6 Å². The van der Waals surface area contributed by atoms with Gasteiger partial charge in [-0.15, -0.1) is 0 Å². The number of halogens is 2. The molecular formula is C20H14BrClN2O4. The predicted molar refractivity (Wildman–Crippen MR) is 110 cm³/mol. The third kappa shape index (κ3) is 4.68. The van der Waals surface area contributed by atoms with Crippen molar-refractivity contribution in [2.75, 3.05) is 7.11 Å². The Balaban J connectivity index is 1.71. The summed E-state index contributed by atoms with van der Waals surface area (Å²) in [5.74, 6) is 0.0703. The minimum Gasteiger partial charge on any atom is -0.465 e. The standard InChI is InChI=1S/C20H14BrClN2O4/c1-27-20(26)16-10-12(5-7-17(16)22)18-8-6-15(28-18)11-23-24-19(25)13-3-2-4-14(21)9-13/h2-11H,1H3,(H,24,25)/b23-11-. The Morgan fingerprint density at radius 3 is 2.75 bits per heavy atom. The van der Waals surface area contributed by atoms with Crippen molar-refractivity contribution >= 4 is 45.6 Å². The number of methoxy groups -OCH3 is 1. The summed E-state index contributed by atoms with van der Waals surface area (Å²) in [6, 6.07) is 15.3. The van der Waals surface area contributed by atoms with Crippen molar-refractivity contribution in [2.45, 2.75) is 0 Å². The number of nitrogens with zero attached hydrogens (tertiary/aromatic N) is 1. The molecule has 0 unspecified atom stereocenters. The van der Waals surface area contributed by atoms with E-state index in [1.54, 1.807) is 48.5 Å². The quantitative estimate of drug-likeness (QED) is 0.332. The smallest absolute Gasteiger partial charge is 0.339 e. The zero-order valence-corrected chi connectivity index (χ0v) is 17.0. The molecule has 0 fully saturated rings. The Morgan fingerprint density at radius 2 is 2.00 bits per heavy atom. The average molecular weight is 462 g/mol. The van der Waals surface area contributed by atoms with Gasteiger partial charge in [-0.25, -0.2) is 10.2 Å². The summed E-state index contributed by atoms with van der Waals surface area (Å²) in [7, 11) is 1.29. The van der Waals surface area contributed by atoms with Crippen LogP contribution in [0, 0.1) is 0 Å². The number of furan rings is 1. The first-order valence-corrected chi connectivity index (χ1v) is 9.22. The number of carbonyl (C=O) groups is 2.